The summed E-state index contributed by atoms with van der Waals surface area (Å²) in [4.78, 5) is 41.2. The van der Waals surface area contributed by atoms with Crippen LogP contribution in [0.3, 0.4) is 0 Å². The van der Waals surface area contributed by atoms with E-state index >= 15 is 0 Å². The molecule has 3 amide bonds. The molecule has 1 N–H and O–H groups in total. The van der Waals surface area contributed by atoms with Crippen molar-refractivity contribution < 1.29 is 19.6 Å². The van der Waals surface area contributed by atoms with Gasteiger partial charge in [-0.05, 0) is 28.7 Å². The highest BCUT2D eigenvalue weighted by Gasteiger charge is 2.49. The summed E-state index contributed by atoms with van der Waals surface area (Å²) < 4.78 is 0. The molecule has 3 aromatic rings. The second-order valence-corrected chi connectivity index (χ2v) is 9.20. The van der Waals surface area contributed by atoms with Crippen LogP contribution >= 0.6 is 0 Å². The Labute approximate surface area is 193 Å². The van der Waals surface area contributed by atoms with Crippen molar-refractivity contribution in [2.75, 3.05) is 0 Å². The number of carbonyl (C=O) groups excluding carboxylic acids is 3. The predicted molar refractivity (Wildman–Crippen MR) is 124 cm³/mol. The van der Waals surface area contributed by atoms with Crippen molar-refractivity contribution in [3.8, 4) is 0 Å². The second kappa shape index (κ2) is 8.64. The number of amides is 3. The lowest BCUT2D eigenvalue weighted by Gasteiger charge is -2.39. The first kappa shape index (κ1) is 22.4. The van der Waals surface area contributed by atoms with Crippen molar-refractivity contribution in [1.82, 2.24) is 9.96 Å². The van der Waals surface area contributed by atoms with Gasteiger partial charge in [0.2, 0.25) is 0 Å². The molecule has 3 aromatic carbocycles. The second-order valence-electron chi connectivity index (χ2n) is 9.20. The summed E-state index contributed by atoms with van der Waals surface area (Å²) in [6.45, 7) is 5.31. The number of rotatable bonds is 5. The summed E-state index contributed by atoms with van der Waals surface area (Å²) in [6.07, 6.45) is 0. The maximum Gasteiger partial charge on any atom is 0.270 e. The quantitative estimate of drug-likeness (QED) is 0.353. The number of nitrogens with zero attached hydrogens (tertiary/aromatic N) is 2. The zero-order valence-corrected chi connectivity index (χ0v) is 18.8. The monoisotopic (exact) mass is 442 g/mol. The number of hydrogen-bond donors (Lipinski definition) is 1. The molecule has 1 aliphatic heterocycles. The lowest BCUT2D eigenvalue weighted by Crippen LogP contribution is -2.56. The van der Waals surface area contributed by atoms with Gasteiger partial charge in [0.25, 0.3) is 17.7 Å². The maximum atomic E-state index is 13.8. The molecule has 0 saturated carbocycles. The minimum Gasteiger partial charge on any atom is -0.285 e. The number of hydrogen-bond acceptors (Lipinski definition) is 4. The number of carbonyl (C=O) groups is 3. The van der Waals surface area contributed by atoms with Crippen molar-refractivity contribution in [1.29, 1.82) is 0 Å². The molecular weight excluding hydrogens is 416 g/mol. The van der Waals surface area contributed by atoms with Crippen molar-refractivity contribution >= 4 is 17.7 Å². The van der Waals surface area contributed by atoms with Crippen molar-refractivity contribution in [3.05, 3.63) is 107 Å². The smallest absolute Gasteiger partial charge is 0.270 e. The summed E-state index contributed by atoms with van der Waals surface area (Å²) in [5.41, 5.74) is 1.10. The topological polar surface area (TPSA) is 77.9 Å². The van der Waals surface area contributed by atoms with Crippen LogP contribution in [-0.4, -0.2) is 38.9 Å². The molecule has 0 unspecified atom stereocenters. The molecule has 6 heteroatoms. The molecule has 1 aliphatic rings. The highest BCUT2D eigenvalue weighted by Crippen LogP contribution is 2.36. The van der Waals surface area contributed by atoms with Crippen LogP contribution in [0.4, 0.5) is 0 Å². The largest absolute Gasteiger partial charge is 0.285 e. The third-order valence-electron chi connectivity index (χ3n) is 5.84. The molecular formula is C27H26N2O4. The molecule has 0 radical (unpaired) electrons. The Morgan fingerprint density at radius 3 is 1.55 bits per heavy atom. The Hall–Kier alpha value is -3.77. The van der Waals surface area contributed by atoms with E-state index in [9.17, 15) is 19.6 Å². The van der Waals surface area contributed by atoms with Crippen LogP contribution in [0.5, 0.6) is 0 Å². The van der Waals surface area contributed by atoms with E-state index in [0.29, 0.717) is 16.2 Å². The van der Waals surface area contributed by atoms with Gasteiger partial charge in [-0.1, -0.05) is 93.6 Å². The fraction of sp³-hybridized carbons (Fsp3) is 0.222. The van der Waals surface area contributed by atoms with E-state index in [1.165, 1.54) is 0 Å². The summed E-state index contributed by atoms with van der Waals surface area (Å²) in [6, 6.07) is 22.8. The molecule has 0 saturated heterocycles. The standard InChI is InChI=1S/C27H26N2O4/c1-27(2,3)23(28-24(30)20-16-10-11-17-21(20)25(28)31)26(32)29(33)22(18-12-6-4-7-13-18)19-14-8-5-9-15-19/h4-17,22-23,33H,1-3H3/t23-/m0/s1. The van der Waals surface area contributed by atoms with Gasteiger partial charge in [-0.2, -0.15) is 0 Å². The Morgan fingerprint density at radius 2 is 1.15 bits per heavy atom. The van der Waals surface area contributed by atoms with Gasteiger partial charge in [0, 0.05) is 0 Å². The Morgan fingerprint density at radius 1 is 0.758 bits per heavy atom. The molecule has 0 fully saturated rings. The van der Waals surface area contributed by atoms with Crippen LogP contribution in [0.1, 0.15) is 58.7 Å². The van der Waals surface area contributed by atoms with Crippen molar-refractivity contribution in [2.45, 2.75) is 32.9 Å². The Kier molecular flexibility index (Phi) is 5.87. The van der Waals surface area contributed by atoms with Crippen LogP contribution in [0.25, 0.3) is 0 Å². The van der Waals surface area contributed by atoms with Gasteiger partial charge < -0.3 is 0 Å². The number of benzene rings is 3. The summed E-state index contributed by atoms with van der Waals surface area (Å²) in [5, 5.41) is 12.0. The lowest BCUT2D eigenvalue weighted by molar-refractivity contribution is -0.181. The third kappa shape index (κ3) is 4.05. The first-order valence-electron chi connectivity index (χ1n) is 10.8. The third-order valence-corrected chi connectivity index (χ3v) is 5.84. The molecule has 1 heterocycles. The molecule has 168 valence electrons. The van der Waals surface area contributed by atoms with E-state index in [1.807, 2.05) is 60.7 Å². The minimum atomic E-state index is -1.20. The highest BCUT2D eigenvalue weighted by atomic mass is 16.5. The van der Waals surface area contributed by atoms with E-state index in [1.54, 1.807) is 45.0 Å². The van der Waals surface area contributed by atoms with E-state index in [0.717, 1.165) is 4.90 Å². The molecule has 0 bridgehead atoms. The first-order chi connectivity index (χ1) is 15.7. The van der Waals surface area contributed by atoms with E-state index in [2.05, 4.69) is 0 Å². The van der Waals surface area contributed by atoms with Crippen LogP contribution in [0, 0.1) is 5.41 Å². The van der Waals surface area contributed by atoms with Crippen molar-refractivity contribution in [2.24, 2.45) is 5.41 Å². The van der Waals surface area contributed by atoms with Crippen LogP contribution in [0.15, 0.2) is 84.9 Å². The lowest BCUT2D eigenvalue weighted by atomic mass is 9.84. The molecule has 0 spiro atoms. The van der Waals surface area contributed by atoms with Gasteiger partial charge in [-0.15, -0.1) is 0 Å². The summed E-state index contributed by atoms with van der Waals surface area (Å²) in [7, 11) is 0. The zero-order chi connectivity index (χ0) is 23.8. The fourth-order valence-corrected chi connectivity index (χ4v) is 4.31. The summed E-state index contributed by atoms with van der Waals surface area (Å²) in [5.74, 6) is -1.80. The van der Waals surface area contributed by atoms with E-state index < -0.39 is 35.2 Å². The molecule has 33 heavy (non-hydrogen) atoms. The highest BCUT2D eigenvalue weighted by molar-refractivity contribution is 6.22. The maximum absolute atomic E-state index is 13.8. The first-order valence-corrected chi connectivity index (χ1v) is 10.8. The van der Waals surface area contributed by atoms with Crippen LogP contribution < -0.4 is 0 Å². The Balaban J connectivity index is 1.77. The van der Waals surface area contributed by atoms with Gasteiger partial charge in [-0.3, -0.25) is 24.5 Å². The average molecular weight is 443 g/mol. The predicted octanol–water partition coefficient (Wildman–Crippen LogP) is 4.70. The minimum absolute atomic E-state index is 0.261. The van der Waals surface area contributed by atoms with Gasteiger partial charge in [0.15, 0.2) is 0 Å². The zero-order valence-electron chi connectivity index (χ0n) is 18.8. The van der Waals surface area contributed by atoms with Gasteiger partial charge in [-0.25, -0.2) is 5.06 Å². The van der Waals surface area contributed by atoms with Crippen LogP contribution in [-0.2, 0) is 4.79 Å². The van der Waals surface area contributed by atoms with Gasteiger partial charge >= 0.3 is 0 Å². The summed E-state index contributed by atoms with van der Waals surface area (Å²) >= 11 is 0. The molecule has 6 nitrogen and oxygen atoms in total. The van der Waals surface area contributed by atoms with E-state index in [4.69, 9.17) is 0 Å². The Bertz CT molecular complexity index is 1110. The van der Waals surface area contributed by atoms with Gasteiger partial charge in [0.05, 0.1) is 11.1 Å². The molecule has 0 aliphatic carbocycles. The number of hydroxylamine groups is 2. The SMILES string of the molecule is CC(C)(C)[C@H](C(=O)N(O)C(c1ccccc1)c1ccccc1)N1C(=O)c2ccccc2C1=O. The van der Waals surface area contributed by atoms with Gasteiger partial charge in [0.1, 0.15) is 12.1 Å². The molecule has 1 atom stereocenters. The van der Waals surface area contributed by atoms with E-state index in [-0.39, 0.29) is 11.1 Å². The number of imide groups is 1. The number of fused-ring (bicyclic) bond motifs is 1. The fourth-order valence-electron chi connectivity index (χ4n) is 4.31. The van der Waals surface area contributed by atoms with Crippen molar-refractivity contribution in [3.63, 3.8) is 0 Å². The molecule has 0 aromatic heterocycles. The van der Waals surface area contributed by atoms with Crippen LogP contribution in [0.2, 0.25) is 0 Å². The molecule has 4 rings (SSSR count). The average Bonchev–Trinajstić information content (AvgIpc) is 3.05. The normalized spacial score (nSPS) is 14.4.